The molecule has 0 fully saturated rings. The third-order valence-electron chi connectivity index (χ3n) is 2.89. The summed E-state index contributed by atoms with van der Waals surface area (Å²) in [5, 5.41) is 10.7. The van der Waals surface area contributed by atoms with Crippen molar-refractivity contribution in [1.29, 1.82) is 0 Å². The molecular weight excluding hydrogens is 244 g/mol. The molecule has 3 aromatic rings. The standard InChI is InChI=1S/C13H10N4O2/c14-10-7-8(17(18)19)5-6-9(10)13-15-11-3-1-2-4-12(11)16-13/h1-7H,14H2,(H,15,16). The molecule has 94 valence electrons. The van der Waals surface area contributed by atoms with E-state index in [2.05, 4.69) is 9.97 Å². The predicted octanol–water partition coefficient (Wildman–Crippen LogP) is 2.72. The summed E-state index contributed by atoms with van der Waals surface area (Å²) in [5.41, 5.74) is 8.53. The van der Waals surface area contributed by atoms with Gasteiger partial charge >= 0.3 is 0 Å². The lowest BCUT2D eigenvalue weighted by Gasteiger charge is -2.01. The van der Waals surface area contributed by atoms with E-state index in [4.69, 9.17) is 5.73 Å². The van der Waals surface area contributed by atoms with Crippen LogP contribution in [0.5, 0.6) is 0 Å². The summed E-state index contributed by atoms with van der Waals surface area (Å²) < 4.78 is 0. The molecule has 0 spiro atoms. The number of para-hydroxylation sites is 2. The number of non-ortho nitro benzene ring substituents is 1. The van der Waals surface area contributed by atoms with Crippen LogP contribution in [0.3, 0.4) is 0 Å². The highest BCUT2D eigenvalue weighted by molar-refractivity contribution is 5.82. The van der Waals surface area contributed by atoms with Crippen molar-refractivity contribution in [3.63, 3.8) is 0 Å². The van der Waals surface area contributed by atoms with Gasteiger partial charge in [0.1, 0.15) is 5.82 Å². The molecule has 0 radical (unpaired) electrons. The number of nitrogen functional groups attached to an aromatic ring is 1. The van der Waals surface area contributed by atoms with E-state index in [1.807, 2.05) is 24.3 Å². The number of aromatic nitrogens is 2. The lowest BCUT2D eigenvalue weighted by molar-refractivity contribution is -0.384. The highest BCUT2D eigenvalue weighted by atomic mass is 16.6. The number of imidazole rings is 1. The second-order valence-corrected chi connectivity index (χ2v) is 4.13. The van der Waals surface area contributed by atoms with Gasteiger partial charge in [0.25, 0.3) is 5.69 Å². The van der Waals surface area contributed by atoms with Crippen molar-refractivity contribution in [2.24, 2.45) is 0 Å². The van der Waals surface area contributed by atoms with Crippen LogP contribution in [0.25, 0.3) is 22.4 Å². The van der Waals surface area contributed by atoms with Crippen LogP contribution in [0.1, 0.15) is 0 Å². The van der Waals surface area contributed by atoms with Gasteiger partial charge in [-0.05, 0) is 18.2 Å². The minimum Gasteiger partial charge on any atom is -0.398 e. The van der Waals surface area contributed by atoms with Gasteiger partial charge in [-0.1, -0.05) is 12.1 Å². The molecule has 0 unspecified atom stereocenters. The maximum Gasteiger partial charge on any atom is 0.271 e. The molecule has 0 aliphatic rings. The molecule has 0 bridgehead atoms. The van der Waals surface area contributed by atoms with Crippen LogP contribution < -0.4 is 5.73 Å². The minimum atomic E-state index is -0.473. The molecule has 6 heteroatoms. The molecule has 19 heavy (non-hydrogen) atoms. The monoisotopic (exact) mass is 254 g/mol. The van der Waals surface area contributed by atoms with Crippen molar-refractivity contribution in [3.05, 3.63) is 52.6 Å². The summed E-state index contributed by atoms with van der Waals surface area (Å²) in [5.74, 6) is 0.605. The van der Waals surface area contributed by atoms with E-state index in [1.54, 1.807) is 6.07 Å². The average Bonchev–Trinajstić information content (AvgIpc) is 2.81. The largest absolute Gasteiger partial charge is 0.398 e. The number of nitrogens with zero attached hydrogens (tertiary/aromatic N) is 2. The Hall–Kier alpha value is -2.89. The van der Waals surface area contributed by atoms with Gasteiger partial charge < -0.3 is 10.7 Å². The molecule has 3 rings (SSSR count). The second kappa shape index (κ2) is 4.09. The van der Waals surface area contributed by atoms with Gasteiger partial charge in [-0.2, -0.15) is 0 Å². The molecule has 0 saturated heterocycles. The fraction of sp³-hybridized carbons (Fsp3) is 0. The molecule has 1 aromatic heterocycles. The van der Waals surface area contributed by atoms with Gasteiger partial charge in [0.2, 0.25) is 0 Å². The van der Waals surface area contributed by atoms with Crippen molar-refractivity contribution in [2.45, 2.75) is 0 Å². The minimum absolute atomic E-state index is 0.0302. The van der Waals surface area contributed by atoms with Crippen LogP contribution in [0.4, 0.5) is 11.4 Å². The number of nitrogens with two attached hydrogens (primary N) is 1. The first-order valence-electron chi connectivity index (χ1n) is 5.64. The molecule has 6 nitrogen and oxygen atoms in total. The number of nitro benzene ring substituents is 1. The van der Waals surface area contributed by atoms with Crippen molar-refractivity contribution >= 4 is 22.4 Å². The number of hydrogen-bond acceptors (Lipinski definition) is 4. The first-order valence-corrected chi connectivity index (χ1v) is 5.64. The molecule has 3 N–H and O–H groups in total. The Morgan fingerprint density at radius 1 is 1.21 bits per heavy atom. The van der Waals surface area contributed by atoms with E-state index in [1.165, 1.54) is 12.1 Å². The summed E-state index contributed by atoms with van der Waals surface area (Å²) in [6.07, 6.45) is 0. The van der Waals surface area contributed by atoms with Crippen LogP contribution >= 0.6 is 0 Å². The fourth-order valence-corrected chi connectivity index (χ4v) is 1.96. The van der Waals surface area contributed by atoms with Gasteiger partial charge in [0, 0.05) is 23.4 Å². The highest BCUT2D eigenvalue weighted by Gasteiger charge is 2.12. The average molecular weight is 254 g/mol. The molecule has 0 amide bonds. The lowest BCUT2D eigenvalue weighted by atomic mass is 10.1. The number of anilines is 1. The van der Waals surface area contributed by atoms with Crippen LogP contribution in [-0.4, -0.2) is 14.9 Å². The zero-order valence-corrected chi connectivity index (χ0v) is 9.83. The fourth-order valence-electron chi connectivity index (χ4n) is 1.96. The van der Waals surface area contributed by atoms with Gasteiger partial charge in [0.15, 0.2) is 0 Å². The van der Waals surface area contributed by atoms with Crippen molar-refractivity contribution in [3.8, 4) is 11.4 Å². The number of hydrogen-bond donors (Lipinski definition) is 2. The number of benzene rings is 2. The smallest absolute Gasteiger partial charge is 0.271 e. The number of nitro groups is 1. The van der Waals surface area contributed by atoms with E-state index in [-0.39, 0.29) is 5.69 Å². The van der Waals surface area contributed by atoms with Gasteiger partial charge in [-0.25, -0.2) is 4.98 Å². The highest BCUT2D eigenvalue weighted by Crippen LogP contribution is 2.28. The summed E-state index contributed by atoms with van der Waals surface area (Å²) in [6, 6.07) is 12.0. The Kier molecular flexibility index (Phi) is 2.42. The zero-order valence-electron chi connectivity index (χ0n) is 9.83. The van der Waals surface area contributed by atoms with E-state index in [9.17, 15) is 10.1 Å². The van der Waals surface area contributed by atoms with Crippen LogP contribution in [0.15, 0.2) is 42.5 Å². The predicted molar refractivity (Wildman–Crippen MR) is 72.6 cm³/mol. The molecule has 1 heterocycles. The topological polar surface area (TPSA) is 97.8 Å². The lowest BCUT2D eigenvalue weighted by Crippen LogP contribution is -1.94. The van der Waals surface area contributed by atoms with Gasteiger partial charge in [-0.3, -0.25) is 10.1 Å². The second-order valence-electron chi connectivity index (χ2n) is 4.13. The quantitative estimate of drug-likeness (QED) is 0.417. The Bertz CT molecular complexity index is 746. The van der Waals surface area contributed by atoms with Crippen LogP contribution in [0.2, 0.25) is 0 Å². The van der Waals surface area contributed by atoms with E-state index in [0.29, 0.717) is 17.1 Å². The van der Waals surface area contributed by atoms with Crippen LogP contribution in [-0.2, 0) is 0 Å². The molecule has 0 atom stereocenters. The van der Waals surface area contributed by atoms with Gasteiger partial charge in [0.05, 0.1) is 16.0 Å². The van der Waals surface area contributed by atoms with E-state index < -0.39 is 4.92 Å². The zero-order chi connectivity index (χ0) is 13.4. The SMILES string of the molecule is Nc1cc([N+](=O)[O-])ccc1-c1nc2ccccc2[nH]1. The number of aromatic amines is 1. The number of fused-ring (bicyclic) bond motifs is 1. The van der Waals surface area contributed by atoms with Crippen molar-refractivity contribution in [1.82, 2.24) is 9.97 Å². The summed E-state index contributed by atoms with van der Waals surface area (Å²) in [6.45, 7) is 0. The normalized spacial score (nSPS) is 10.7. The first kappa shape index (κ1) is 11.2. The molecule has 0 aliphatic carbocycles. The Labute approximate surface area is 108 Å². The Balaban J connectivity index is 2.13. The third-order valence-corrected chi connectivity index (χ3v) is 2.89. The summed E-state index contributed by atoms with van der Waals surface area (Å²) >= 11 is 0. The van der Waals surface area contributed by atoms with Gasteiger partial charge in [-0.15, -0.1) is 0 Å². The van der Waals surface area contributed by atoms with Crippen molar-refractivity contribution in [2.75, 3.05) is 5.73 Å². The summed E-state index contributed by atoms with van der Waals surface area (Å²) in [7, 11) is 0. The third kappa shape index (κ3) is 1.89. The number of H-pyrrole nitrogens is 1. The maximum absolute atomic E-state index is 10.7. The van der Waals surface area contributed by atoms with E-state index in [0.717, 1.165) is 11.0 Å². The van der Waals surface area contributed by atoms with Crippen LogP contribution in [0, 0.1) is 10.1 Å². The van der Waals surface area contributed by atoms with Crippen molar-refractivity contribution < 1.29 is 4.92 Å². The molecule has 0 saturated carbocycles. The van der Waals surface area contributed by atoms with E-state index >= 15 is 0 Å². The molecular formula is C13H10N4O2. The number of nitrogens with one attached hydrogen (secondary N) is 1. The maximum atomic E-state index is 10.7. The Morgan fingerprint density at radius 3 is 2.68 bits per heavy atom. The molecule has 0 aliphatic heterocycles. The first-order chi connectivity index (χ1) is 9.15. The summed E-state index contributed by atoms with van der Waals surface area (Å²) in [4.78, 5) is 17.7. The molecule has 2 aromatic carbocycles. The Morgan fingerprint density at radius 2 is 2.00 bits per heavy atom. The number of rotatable bonds is 2.